The van der Waals surface area contributed by atoms with Crippen molar-refractivity contribution in [2.75, 3.05) is 12.4 Å². The van der Waals surface area contributed by atoms with Gasteiger partial charge >= 0.3 is 5.97 Å². The average Bonchev–Trinajstić information content (AvgIpc) is 2.89. The minimum Gasteiger partial charge on any atom is -0.465 e. The highest BCUT2D eigenvalue weighted by Crippen LogP contribution is 2.33. The van der Waals surface area contributed by atoms with Crippen LogP contribution in [0.4, 0.5) is 0 Å². The third-order valence-electron chi connectivity index (χ3n) is 3.26. The molecule has 1 heterocycles. The minimum atomic E-state index is -0.179. The van der Waals surface area contributed by atoms with Crippen molar-refractivity contribution in [2.24, 2.45) is 5.92 Å². The number of rotatable bonds is 9. The van der Waals surface area contributed by atoms with Crippen molar-refractivity contribution in [3.8, 4) is 0 Å². The van der Waals surface area contributed by atoms with Crippen LogP contribution in [0.5, 0.6) is 0 Å². The zero-order valence-corrected chi connectivity index (χ0v) is 12.5. The van der Waals surface area contributed by atoms with E-state index in [4.69, 9.17) is 4.74 Å². The highest BCUT2D eigenvalue weighted by atomic mass is 32.2. The number of hydrogen-bond donors (Lipinski definition) is 1. The first-order chi connectivity index (χ1) is 8.76. The van der Waals surface area contributed by atoms with Gasteiger partial charge in [-0.3, -0.25) is 4.79 Å². The summed E-state index contributed by atoms with van der Waals surface area (Å²) in [4.78, 5) is 11.6. The molecule has 1 unspecified atom stereocenters. The van der Waals surface area contributed by atoms with Gasteiger partial charge in [0.25, 0.3) is 0 Å². The number of carbonyl (C=O) groups is 1. The molecular weight excluding hydrogens is 244 g/mol. The average molecular weight is 270 g/mol. The van der Waals surface area contributed by atoms with Crippen LogP contribution in [0, 0.1) is 5.92 Å². The van der Waals surface area contributed by atoms with Crippen LogP contribution in [0.2, 0.25) is 0 Å². The summed E-state index contributed by atoms with van der Waals surface area (Å²) in [6, 6.07) is 0. The van der Waals surface area contributed by atoms with Crippen molar-refractivity contribution in [2.45, 2.75) is 46.0 Å². The standard InChI is InChI=1S/C15H26O2S/c1-3-5-8-14(4-2)13-17-15(16)9-12-18-10-6-7-11-18/h6-7,10-11,14,18H,3-5,8-9,12-13H2,1-2H3. The van der Waals surface area contributed by atoms with Gasteiger partial charge in [-0.25, -0.2) is 10.9 Å². The van der Waals surface area contributed by atoms with Gasteiger partial charge < -0.3 is 4.74 Å². The lowest BCUT2D eigenvalue weighted by atomic mass is 10.0. The summed E-state index contributed by atoms with van der Waals surface area (Å²) in [5.41, 5.74) is 0. The fraction of sp³-hybridized carbons (Fsp3) is 0.667. The summed E-state index contributed by atoms with van der Waals surface area (Å²) in [5.74, 6) is 1.46. The second-order valence-electron chi connectivity index (χ2n) is 4.77. The van der Waals surface area contributed by atoms with Crippen molar-refractivity contribution < 1.29 is 9.53 Å². The van der Waals surface area contributed by atoms with E-state index >= 15 is 0 Å². The van der Waals surface area contributed by atoms with E-state index in [-0.39, 0.29) is 16.9 Å². The Hall–Kier alpha value is -0.700. The predicted octanol–water partition coefficient (Wildman–Crippen LogP) is 4.18. The second-order valence-corrected chi connectivity index (χ2v) is 6.84. The molecule has 0 spiro atoms. The molecule has 1 aliphatic rings. The Morgan fingerprint density at radius 3 is 2.61 bits per heavy atom. The Morgan fingerprint density at radius 2 is 2.00 bits per heavy atom. The first-order valence-corrected chi connectivity index (χ1v) is 8.69. The number of carbonyl (C=O) groups excluding carboxylic acids is 1. The molecule has 1 aliphatic heterocycles. The maximum Gasteiger partial charge on any atom is 0.306 e. The number of esters is 1. The third-order valence-corrected chi connectivity index (χ3v) is 5.11. The van der Waals surface area contributed by atoms with E-state index in [1.165, 1.54) is 19.3 Å². The van der Waals surface area contributed by atoms with Crippen LogP contribution >= 0.6 is 10.9 Å². The number of allylic oxidation sites excluding steroid dienone is 2. The monoisotopic (exact) mass is 270 g/mol. The van der Waals surface area contributed by atoms with Crippen molar-refractivity contribution in [3.63, 3.8) is 0 Å². The topological polar surface area (TPSA) is 26.3 Å². The summed E-state index contributed by atoms with van der Waals surface area (Å²) in [6.45, 7) is 4.98. The van der Waals surface area contributed by atoms with Gasteiger partial charge in [0.1, 0.15) is 0 Å². The van der Waals surface area contributed by atoms with Gasteiger partial charge in [-0.2, -0.15) is 0 Å². The van der Waals surface area contributed by atoms with Gasteiger partial charge in [-0.05, 0) is 28.9 Å². The number of thiol groups is 1. The van der Waals surface area contributed by atoms with Gasteiger partial charge in [-0.15, -0.1) is 0 Å². The highest BCUT2D eigenvalue weighted by Gasteiger charge is 2.11. The molecule has 18 heavy (non-hydrogen) atoms. The van der Waals surface area contributed by atoms with Crippen molar-refractivity contribution in [3.05, 3.63) is 23.0 Å². The molecule has 0 amide bonds. The Kier molecular flexibility index (Phi) is 7.90. The lowest BCUT2D eigenvalue weighted by Gasteiger charge is -2.15. The van der Waals surface area contributed by atoms with Gasteiger partial charge in [-0.1, -0.05) is 45.3 Å². The van der Waals surface area contributed by atoms with Crippen LogP contribution < -0.4 is 0 Å². The maximum absolute atomic E-state index is 11.6. The molecule has 2 nitrogen and oxygen atoms in total. The maximum atomic E-state index is 11.6. The molecule has 3 heteroatoms. The number of unbranched alkanes of at least 4 members (excludes halogenated alkanes) is 1. The summed E-state index contributed by atoms with van der Waals surface area (Å²) in [6.07, 6.45) is 9.42. The highest BCUT2D eigenvalue weighted by molar-refractivity contribution is 8.22. The molecule has 0 aromatic rings. The molecule has 0 aromatic carbocycles. The van der Waals surface area contributed by atoms with Crippen molar-refractivity contribution >= 4 is 16.9 Å². The van der Waals surface area contributed by atoms with Crippen LogP contribution in [0.1, 0.15) is 46.0 Å². The molecule has 0 saturated heterocycles. The predicted molar refractivity (Wildman–Crippen MR) is 81.0 cm³/mol. The van der Waals surface area contributed by atoms with Crippen LogP contribution in [-0.2, 0) is 9.53 Å². The van der Waals surface area contributed by atoms with Gasteiger partial charge in [0, 0.05) is 0 Å². The van der Waals surface area contributed by atoms with Gasteiger partial charge in [0.05, 0.1) is 13.0 Å². The molecule has 1 atom stereocenters. The van der Waals surface area contributed by atoms with Crippen LogP contribution in [0.15, 0.2) is 23.0 Å². The lowest BCUT2D eigenvalue weighted by Crippen LogP contribution is -2.14. The molecular formula is C15H26O2S. The molecule has 0 saturated carbocycles. The van der Waals surface area contributed by atoms with E-state index in [0.29, 0.717) is 18.9 Å². The smallest absolute Gasteiger partial charge is 0.306 e. The fourth-order valence-electron chi connectivity index (χ4n) is 1.92. The summed E-state index contributed by atoms with van der Waals surface area (Å²) < 4.78 is 5.38. The second kappa shape index (κ2) is 9.26. The van der Waals surface area contributed by atoms with E-state index in [1.807, 2.05) is 0 Å². The normalized spacial score (nSPS) is 17.1. The van der Waals surface area contributed by atoms with Gasteiger partial charge in [0.2, 0.25) is 0 Å². The van der Waals surface area contributed by atoms with Crippen molar-refractivity contribution in [1.82, 2.24) is 0 Å². The molecule has 0 aliphatic carbocycles. The van der Waals surface area contributed by atoms with E-state index in [9.17, 15) is 4.79 Å². The molecule has 0 fully saturated rings. The number of hydrogen-bond acceptors (Lipinski definition) is 2. The number of ether oxygens (including phenoxy) is 1. The zero-order valence-electron chi connectivity index (χ0n) is 11.6. The van der Waals surface area contributed by atoms with Crippen LogP contribution in [-0.4, -0.2) is 18.3 Å². The van der Waals surface area contributed by atoms with E-state index in [2.05, 4.69) is 36.8 Å². The molecule has 1 rings (SSSR count). The molecule has 0 bridgehead atoms. The lowest BCUT2D eigenvalue weighted by molar-refractivity contribution is -0.144. The largest absolute Gasteiger partial charge is 0.465 e. The fourth-order valence-corrected chi connectivity index (χ4v) is 3.40. The Morgan fingerprint density at radius 1 is 1.28 bits per heavy atom. The third kappa shape index (κ3) is 6.29. The first kappa shape index (κ1) is 15.4. The summed E-state index contributed by atoms with van der Waals surface area (Å²) in [7, 11) is -0.179. The Bertz CT molecular complexity index is 285. The summed E-state index contributed by atoms with van der Waals surface area (Å²) in [5, 5.41) is 4.39. The molecule has 0 N–H and O–H groups in total. The van der Waals surface area contributed by atoms with Crippen LogP contribution in [0.3, 0.4) is 0 Å². The van der Waals surface area contributed by atoms with E-state index in [1.54, 1.807) is 0 Å². The van der Waals surface area contributed by atoms with E-state index in [0.717, 1.165) is 12.2 Å². The molecule has 0 radical (unpaired) electrons. The van der Waals surface area contributed by atoms with Crippen molar-refractivity contribution in [1.29, 1.82) is 0 Å². The minimum absolute atomic E-state index is 0.0267. The Balaban J connectivity index is 2.11. The first-order valence-electron chi connectivity index (χ1n) is 7.02. The molecule has 104 valence electrons. The molecule has 0 aromatic heterocycles. The zero-order chi connectivity index (χ0) is 13.2. The SMILES string of the molecule is CCCCC(CC)COC(=O)CC[SH]1C=CC=C1. The summed E-state index contributed by atoms with van der Waals surface area (Å²) >= 11 is 0. The van der Waals surface area contributed by atoms with E-state index < -0.39 is 0 Å². The quantitative estimate of drug-likeness (QED) is 0.502. The van der Waals surface area contributed by atoms with Crippen LogP contribution in [0.25, 0.3) is 0 Å². The Labute approximate surface area is 114 Å². The van der Waals surface area contributed by atoms with Gasteiger partial charge in [0.15, 0.2) is 0 Å².